The van der Waals surface area contributed by atoms with E-state index in [9.17, 15) is 14.7 Å². The van der Waals surface area contributed by atoms with Gasteiger partial charge in [0.25, 0.3) is 0 Å². The van der Waals surface area contributed by atoms with Gasteiger partial charge >= 0.3 is 5.97 Å². The Morgan fingerprint density at radius 3 is 2.67 bits per heavy atom. The van der Waals surface area contributed by atoms with Crippen LogP contribution in [0.4, 0.5) is 0 Å². The minimum atomic E-state index is -1.04. The number of fused-ring (bicyclic) bond motifs is 1. The summed E-state index contributed by atoms with van der Waals surface area (Å²) in [5, 5.41) is 13.0. The molecule has 1 aromatic heterocycles. The first kappa shape index (κ1) is 18.0. The molecule has 24 heavy (non-hydrogen) atoms. The lowest BCUT2D eigenvalue weighted by atomic mass is 10.0. The summed E-state index contributed by atoms with van der Waals surface area (Å²) >= 11 is 0. The molecule has 130 valence electrons. The molecule has 0 saturated heterocycles. The fourth-order valence-electron chi connectivity index (χ4n) is 2.79. The zero-order valence-electron chi connectivity index (χ0n) is 14.1. The fourth-order valence-corrected chi connectivity index (χ4v) is 2.79. The van der Waals surface area contributed by atoms with E-state index in [1.165, 1.54) is 0 Å². The molecular formula is C18H25N3O3. The Morgan fingerprint density at radius 2 is 2.00 bits per heavy atom. The van der Waals surface area contributed by atoms with Crippen molar-refractivity contribution in [1.82, 2.24) is 10.3 Å². The lowest BCUT2D eigenvalue weighted by Gasteiger charge is -2.18. The Hall–Kier alpha value is -2.34. The number of nitrogens with one attached hydrogen (secondary N) is 2. The number of nitrogens with two attached hydrogens (primary N) is 1. The summed E-state index contributed by atoms with van der Waals surface area (Å²) in [6, 6.07) is 6.23. The average molecular weight is 331 g/mol. The number of amides is 1. The first-order valence-corrected chi connectivity index (χ1v) is 8.22. The number of H-pyrrole nitrogens is 1. The highest BCUT2D eigenvalue weighted by Gasteiger charge is 2.23. The molecule has 6 heteroatoms. The van der Waals surface area contributed by atoms with Crippen molar-refractivity contribution >= 4 is 22.8 Å². The van der Waals surface area contributed by atoms with Crippen LogP contribution in [0.2, 0.25) is 0 Å². The maximum Gasteiger partial charge on any atom is 0.326 e. The SMILES string of the molecule is CC(C)C[C@H](N)C(=O)NC(CCc1c[nH]c2ccccc12)C(=O)O. The summed E-state index contributed by atoms with van der Waals surface area (Å²) in [6.07, 6.45) is 3.29. The van der Waals surface area contributed by atoms with Gasteiger partial charge in [-0.15, -0.1) is 0 Å². The molecule has 0 aliphatic heterocycles. The van der Waals surface area contributed by atoms with Crippen LogP contribution in [-0.2, 0) is 16.0 Å². The van der Waals surface area contributed by atoms with Gasteiger partial charge in [-0.2, -0.15) is 0 Å². The minimum absolute atomic E-state index is 0.278. The zero-order valence-corrected chi connectivity index (χ0v) is 14.1. The number of carbonyl (C=O) groups is 2. The second-order valence-electron chi connectivity index (χ2n) is 6.53. The van der Waals surface area contributed by atoms with Crippen molar-refractivity contribution in [2.24, 2.45) is 11.7 Å². The molecule has 1 unspecified atom stereocenters. The molecule has 0 saturated carbocycles. The highest BCUT2D eigenvalue weighted by atomic mass is 16.4. The summed E-state index contributed by atoms with van der Waals surface area (Å²) in [7, 11) is 0. The standard InChI is InChI=1S/C18H25N3O3/c1-11(2)9-14(19)17(22)21-16(18(23)24)8-7-12-10-20-15-6-4-3-5-13(12)15/h3-6,10-11,14,16,20H,7-9,19H2,1-2H3,(H,21,22)(H,23,24)/t14-,16?/m0/s1. The van der Waals surface area contributed by atoms with Gasteiger partial charge in [0, 0.05) is 17.1 Å². The van der Waals surface area contributed by atoms with Crippen molar-refractivity contribution in [1.29, 1.82) is 0 Å². The predicted molar refractivity (Wildman–Crippen MR) is 93.6 cm³/mol. The van der Waals surface area contributed by atoms with E-state index in [1.54, 1.807) is 0 Å². The normalized spacial score (nSPS) is 13.8. The van der Waals surface area contributed by atoms with Crippen LogP contribution < -0.4 is 11.1 Å². The number of benzene rings is 1. The van der Waals surface area contributed by atoms with Crippen LogP contribution in [0.1, 0.15) is 32.3 Å². The van der Waals surface area contributed by atoms with Crippen molar-refractivity contribution in [3.05, 3.63) is 36.0 Å². The van der Waals surface area contributed by atoms with Crippen LogP contribution >= 0.6 is 0 Å². The highest BCUT2D eigenvalue weighted by Crippen LogP contribution is 2.19. The van der Waals surface area contributed by atoms with E-state index in [0.717, 1.165) is 16.5 Å². The lowest BCUT2D eigenvalue weighted by molar-refractivity contribution is -0.142. The molecule has 5 N–H and O–H groups in total. The van der Waals surface area contributed by atoms with E-state index in [4.69, 9.17) is 5.73 Å². The Labute approximate surface area is 141 Å². The number of para-hydroxylation sites is 1. The summed E-state index contributed by atoms with van der Waals surface area (Å²) < 4.78 is 0. The first-order chi connectivity index (χ1) is 11.4. The average Bonchev–Trinajstić information content (AvgIpc) is 2.93. The van der Waals surface area contributed by atoms with E-state index in [1.807, 2.05) is 44.3 Å². The number of rotatable bonds is 8. The van der Waals surface area contributed by atoms with E-state index < -0.39 is 24.0 Å². The van der Waals surface area contributed by atoms with Crippen molar-refractivity contribution < 1.29 is 14.7 Å². The molecule has 1 amide bonds. The van der Waals surface area contributed by atoms with Crippen molar-refractivity contribution in [2.75, 3.05) is 0 Å². The van der Waals surface area contributed by atoms with Crippen molar-refractivity contribution in [3.63, 3.8) is 0 Å². The second kappa shape index (κ2) is 7.97. The van der Waals surface area contributed by atoms with E-state index in [2.05, 4.69) is 10.3 Å². The van der Waals surface area contributed by atoms with Crippen LogP contribution in [-0.4, -0.2) is 34.1 Å². The van der Waals surface area contributed by atoms with Crippen molar-refractivity contribution in [2.45, 2.75) is 45.2 Å². The molecule has 1 heterocycles. The molecule has 0 aliphatic carbocycles. The van der Waals surface area contributed by atoms with E-state index in [-0.39, 0.29) is 5.92 Å². The summed E-state index contributed by atoms with van der Waals surface area (Å²) in [4.78, 5) is 26.7. The number of aryl methyl sites for hydroxylation is 1. The molecule has 1 aromatic carbocycles. The number of carboxylic acids is 1. The van der Waals surface area contributed by atoms with Gasteiger partial charge in [0.05, 0.1) is 6.04 Å². The number of hydrogen-bond acceptors (Lipinski definition) is 3. The third-order valence-electron chi connectivity index (χ3n) is 4.05. The van der Waals surface area contributed by atoms with Gasteiger partial charge in [-0.3, -0.25) is 4.79 Å². The molecule has 0 radical (unpaired) electrons. The van der Waals surface area contributed by atoms with Crippen LogP contribution in [0.5, 0.6) is 0 Å². The molecule has 0 bridgehead atoms. The smallest absolute Gasteiger partial charge is 0.326 e. The van der Waals surface area contributed by atoms with Gasteiger partial charge in [0.1, 0.15) is 6.04 Å². The van der Waals surface area contributed by atoms with Gasteiger partial charge in [-0.1, -0.05) is 32.0 Å². The van der Waals surface area contributed by atoms with Gasteiger partial charge in [0.15, 0.2) is 0 Å². The Morgan fingerprint density at radius 1 is 1.29 bits per heavy atom. The van der Waals surface area contributed by atoms with E-state index >= 15 is 0 Å². The van der Waals surface area contributed by atoms with E-state index in [0.29, 0.717) is 19.3 Å². The minimum Gasteiger partial charge on any atom is -0.480 e. The van der Waals surface area contributed by atoms with Gasteiger partial charge in [0.2, 0.25) is 5.91 Å². The Kier molecular flexibility index (Phi) is 5.98. The van der Waals surface area contributed by atoms with Gasteiger partial charge in [-0.05, 0) is 36.8 Å². The summed E-state index contributed by atoms with van der Waals surface area (Å²) in [6.45, 7) is 3.94. The fraction of sp³-hybridized carbons (Fsp3) is 0.444. The molecule has 6 nitrogen and oxygen atoms in total. The van der Waals surface area contributed by atoms with Crippen LogP contribution in [0.3, 0.4) is 0 Å². The van der Waals surface area contributed by atoms with Crippen molar-refractivity contribution in [3.8, 4) is 0 Å². The number of aliphatic carboxylic acids is 1. The first-order valence-electron chi connectivity index (χ1n) is 8.22. The van der Waals surface area contributed by atoms with Gasteiger partial charge < -0.3 is 21.1 Å². The molecule has 2 rings (SSSR count). The molecule has 2 aromatic rings. The van der Waals surface area contributed by atoms with Crippen LogP contribution in [0.15, 0.2) is 30.5 Å². The summed E-state index contributed by atoms with van der Waals surface area (Å²) in [5.41, 5.74) is 7.88. The third kappa shape index (κ3) is 4.58. The van der Waals surface area contributed by atoms with Gasteiger partial charge in [-0.25, -0.2) is 4.79 Å². The maximum atomic E-state index is 12.1. The topological polar surface area (TPSA) is 108 Å². The quantitative estimate of drug-likeness (QED) is 0.593. The number of aromatic amines is 1. The number of carboxylic acid groups (broad SMARTS) is 1. The maximum absolute atomic E-state index is 12.1. The molecule has 2 atom stereocenters. The molecule has 0 spiro atoms. The molecule has 0 fully saturated rings. The largest absolute Gasteiger partial charge is 0.480 e. The number of carbonyl (C=O) groups excluding carboxylic acids is 1. The lowest BCUT2D eigenvalue weighted by Crippen LogP contribution is -2.49. The predicted octanol–water partition coefficient (Wildman–Crippen LogP) is 2.04. The molecular weight excluding hydrogens is 306 g/mol. The summed E-state index contributed by atoms with van der Waals surface area (Å²) in [5.74, 6) is -1.17. The second-order valence-corrected chi connectivity index (χ2v) is 6.53. The van der Waals surface area contributed by atoms with Crippen LogP contribution in [0.25, 0.3) is 10.9 Å². The zero-order chi connectivity index (χ0) is 17.7. The Bertz CT molecular complexity index is 708. The molecule has 0 aliphatic rings. The monoisotopic (exact) mass is 331 g/mol. The Balaban J connectivity index is 1.99. The third-order valence-corrected chi connectivity index (χ3v) is 4.05. The number of hydrogen-bond donors (Lipinski definition) is 4. The highest BCUT2D eigenvalue weighted by molar-refractivity contribution is 5.87. The number of aromatic nitrogens is 1. The van der Waals surface area contributed by atoms with Crippen LogP contribution in [0, 0.1) is 5.92 Å².